The Morgan fingerprint density at radius 3 is 1.95 bits per heavy atom. The van der Waals surface area contributed by atoms with Gasteiger partial charge in [0, 0.05) is 59.9 Å². The highest BCUT2D eigenvalue weighted by atomic mass is 16.3. The highest BCUT2D eigenvalue weighted by molar-refractivity contribution is 6.33. The Hall–Kier alpha value is -8.02. The predicted octanol–water partition coefficient (Wildman–Crippen LogP) is 14.2. The van der Waals surface area contributed by atoms with Crippen molar-refractivity contribution in [3.8, 4) is 34.0 Å². The maximum absolute atomic E-state index is 6.49. The zero-order valence-corrected chi connectivity index (χ0v) is 31.7. The smallest absolute Gasteiger partial charge is 0.160 e. The lowest BCUT2D eigenvalue weighted by Crippen LogP contribution is -1.97. The average molecular weight is 753 g/mol. The Morgan fingerprint density at radius 2 is 1.07 bits per heavy atom. The fraction of sp³-hybridized carbons (Fsp3) is 0. The van der Waals surface area contributed by atoms with Crippen molar-refractivity contribution >= 4 is 87.2 Å². The van der Waals surface area contributed by atoms with Crippen LogP contribution in [0.25, 0.3) is 121 Å². The fourth-order valence-electron chi connectivity index (χ4n) is 9.57. The van der Waals surface area contributed by atoms with E-state index in [0.717, 1.165) is 77.6 Å². The Bertz CT molecular complexity index is 3830. The molecule has 274 valence electrons. The number of nitrogens with zero attached hydrogens (tertiary/aromatic N) is 4. The van der Waals surface area contributed by atoms with Crippen LogP contribution in [0.4, 0.5) is 0 Å². The van der Waals surface area contributed by atoms with Crippen molar-refractivity contribution in [2.45, 2.75) is 0 Å². The van der Waals surface area contributed by atoms with E-state index in [9.17, 15) is 0 Å². The van der Waals surface area contributed by atoms with Gasteiger partial charge in [0.15, 0.2) is 5.82 Å². The number of aromatic nitrogens is 4. The van der Waals surface area contributed by atoms with Crippen LogP contribution in [0, 0.1) is 0 Å². The molecule has 0 aliphatic carbocycles. The molecular formula is C54H32N4O. The van der Waals surface area contributed by atoms with E-state index in [4.69, 9.17) is 14.4 Å². The molecule has 0 N–H and O–H groups in total. The first-order valence-corrected chi connectivity index (χ1v) is 20.0. The van der Waals surface area contributed by atoms with Crippen LogP contribution in [0.1, 0.15) is 0 Å². The third kappa shape index (κ3) is 4.61. The molecule has 0 aliphatic rings. The van der Waals surface area contributed by atoms with Crippen molar-refractivity contribution in [1.29, 1.82) is 0 Å². The fourth-order valence-corrected chi connectivity index (χ4v) is 9.57. The zero-order valence-electron chi connectivity index (χ0n) is 31.7. The SMILES string of the molecule is c1ccc(-c2nc(-c3ccc(-n4c5ccc6oc7ccccc7c6c5c5ccc6c(c7ccccc7n6-c6cccc7ccccc67)c54)cc3)nc3ccccc23)cc1. The molecule has 0 radical (unpaired) electrons. The molecule has 5 nitrogen and oxygen atoms in total. The van der Waals surface area contributed by atoms with Crippen LogP contribution >= 0.6 is 0 Å². The largest absolute Gasteiger partial charge is 0.456 e. The van der Waals surface area contributed by atoms with Crippen LogP contribution in [0.2, 0.25) is 0 Å². The van der Waals surface area contributed by atoms with Crippen molar-refractivity contribution in [3.63, 3.8) is 0 Å². The summed E-state index contributed by atoms with van der Waals surface area (Å²) < 4.78 is 11.4. The van der Waals surface area contributed by atoms with Crippen LogP contribution in [0.3, 0.4) is 0 Å². The summed E-state index contributed by atoms with van der Waals surface area (Å²) in [5, 5.41) is 10.5. The molecular weight excluding hydrogens is 721 g/mol. The second-order valence-electron chi connectivity index (χ2n) is 15.3. The van der Waals surface area contributed by atoms with E-state index in [1.54, 1.807) is 0 Å². The molecule has 0 saturated carbocycles. The van der Waals surface area contributed by atoms with Crippen LogP contribution in [0.15, 0.2) is 199 Å². The molecule has 4 heterocycles. The number of rotatable bonds is 4. The van der Waals surface area contributed by atoms with E-state index < -0.39 is 0 Å². The Kier molecular flexibility index (Phi) is 6.66. The zero-order chi connectivity index (χ0) is 38.6. The number of fused-ring (bicyclic) bond motifs is 13. The summed E-state index contributed by atoms with van der Waals surface area (Å²) in [6.07, 6.45) is 0. The first-order chi connectivity index (χ1) is 29.3. The molecule has 4 aromatic heterocycles. The van der Waals surface area contributed by atoms with Gasteiger partial charge < -0.3 is 13.6 Å². The highest BCUT2D eigenvalue weighted by Gasteiger charge is 2.24. The Balaban J connectivity index is 1.12. The van der Waals surface area contributed by atoms with Gasteiger partial charge in [0.1, 0.15) is 11.2 Å². The molecule has 0 amide bonds. The minimum atomic E-state index is 0.698. The lowest BCUT2D eigenvalue weighted by molar-refractivity contribution is 0.669. The monoisotopic (exact) mass is 752 g/mol. The lowest BCUT2D eigenvalue weighted by atomic mass is 10.0. The first-order valence-electron chi connectivity index (χ1n) is 20.0. The number of benzene rings is 9. The molecule has 0 aliphatic heterocycles. The number of para-hydroxylation sites is 3. The molecule has 9 aromatic carbocycles. The Labute approximate surface area is 337 Å². The standard InChI is InChI=1S/C54H32N4O/c1-2-14-34(15-3-1)52-38-18-6-9-21-42(38)55-54(56-52)35-25-27-36(28-26-35)57-45-31-32-48-51(40-20-8-11-24-47(40)59-48)49(45)41-29-30-46-50(53(41)57)39-19-7-10-22-44(39)58(46)43-23-12-16-33-13-4-5-17-37(33)43/h1-32H. The van der Waals surface area contributed by atoms with E-state index in [-0.39, 0.29) is 0 Å². The van der Waals surface area contributed by atoms with E-state index in [1.165, 1.54) is 37.8 Å². The van der Waals surface area contributed by atoms with Gasteiger partial charge in [0.05, 0.1) is 39.0 Å². The molecule has 13 rings (SSSR count). The van der Waals surface area contributed by atoms with Gasteiger partial charge in [0.2, 0.25) is 0 Å². The van der Waals surface area contributed by atoms with E-state index in [2.05, 4.69) is 185 Å². The summed E-state index contributed by atoms with van der Waals surface area (Å²) in [7, 11) is 0. The molecule has 0 unspecified atom stereocenters. The molecule has 0 atom stereocenters. The van der Waals surface area contributed by atoms with E-state index in [0.29, 0.717) is 5.82 Å². The second-order valence-corrected chi connectivity index (χ2v) is 15.3. The summed E-state index contributed by atoms with van der Waals surface area (Å²) in [6, 6.07) is 68.9. The third-order valence-corrected chi connectivity index (χ3v) is 12.1. The van der Waals surface area contributed by atoms with E-state index >= 15 is 0 Å². The van der Waals surface area contributed by atoms with E-state index in [1.807, 2.05) is 18.2 Å². The van der Waals surface area contributed by atoms with Crippen LogP contribution in [0.5, 0.6) is 0 Å². The summed E-state index contributed by atoms with van der Waals surface area (Å²) in [5.74, 6) is 0.698. The van der Waals surface area contributed by atoms with Gasteiger partial charge >= 0.3 is 0 Å². The number of hydrogen-bond donors (Lipinski definition) is 0. The van der Waals surface area contributed by atoms with Gasteiger partial charge in [-0.05, 0) is 72.1 Å². The summed E-state index contributed by atoms with van der Waals surface area (Å²) in [5.41, 5.74) is 12.5. The second kappa shape index (κ2) is 12.2. The normalized spacial score (nSPS) is 12.1. The van der Waals surface area contributed by atoms with Crippen LogP contribution < -0.4 is 0 Å². The Morgan fingerprint density at radius 1 is 0.373 bits per heavy atom. The molecule has 5 heteroatoms. The average Bonchev–Trinajstić information content (AvgIpc) is 3.96. The van der Waals surface area contributed by atoms with Gasteiger partial charge in [-0.1, -0.05) is 127 Å². The molecule has 13 aromatic rings. The van der Waals surface area contributed by atoms with Crippen molar-refractivity contribution in [2.75, 3.05) is 0 Å². The molecule has 0 spiro atoms. The van der Waals surface area contributed by atoms with Crippen molar-refractivity contribution in [2.24, 2.45) is 0 Å². The highest BCUT2D eigenvalue weighted by Crippen LogP contribution is 2.46. The molecule has 0 saturated heterocycles. The minimum Gasteiger partial charge on any atom is -0.456 e. The predicted molar refractivity (Wildman–Crippen MR) is 244 cm³/mol. The third-order valence-electron chi connectivity index (χ3n) is 12.1. The maximum Gasteiger partial charge on any atom is 0.160 e. The molecule has 0 fully saturated rings. The van der Waals surface area contributed by atoms with Gasteiger partial charge in [-0.2, -0.15) is 0 Å². The van der Waals surface area contributed by atoms with Gasteiger partial charge in [-0.3, -0.25) is 0 Å². The quantitative estimate of drug-likeness (QED) is 0.180. The van der Waals surface area contributed by atoms with Gasteiger partial charge in [-0.25, -0.2) is 9.97 Å². The number of furan rings is 1. The minimum absolute atomic E-state index is 0.698. The molecule has 0 bridgehead atoms. The first kappa shape index (κ1) is 32.1. The maximum atomic E-state index is 6.49. The summed E-state index contributed by atoms with van der Waals surface area (Å²) in [6.45, 7) is 0. The summed E-state index contributed by atoms with van der Waals surface area (Å²) in [4.78, 5) is 10.3. The van der Waals surface area contributed by atoms with Crippen LogP contribution in [-0.2, 0) is 0 Å². The van der Waals surface area contributed by atoms with Gasteiger partial charge in [0.25, 0.3) is 0 Å². The van der Waals surface area contributed by atoms with Crippen molar-refractivity contribution in [3.05, 3.63) is 194 Å². The lowest BCUT2D eigenvalue weighted by Gasteiger charge is -2.13. The van der Waals surface area contributed by atoms with Crippen LogP contribution in [-0.4, -0.2) is 19.1 Å². The summed E-state index contributed by atoms with van der Waals surface area (Å²) >= 11 is 0. The molecule has 59 heavy (non-hydrogen) atoms. The topological polar surface area (TPSA) is 48.8 Å². The van der Waals surface area contributed by atoms with Gasteiger partial charge in [-0.15, -0.1) is 0 Å². The van der Waals surface area contributed by atoms with Crippen molar-refractivity contribution < 1.29 is 4.42 Å². The number of hydrogen-bond acceptors (Lipinski definition) is 3. The van der Waals surface area contributed by atoms with Crippen molar-refractivity contribution in [1.82, 2.24) is 19.1 Å².